The largest absolute Gasteiger partial charge is 0.0776 e. The van der Waals surface area contributed by atoms with Crippen LogP contribution in [0.15, 0.2) is 0 Å². The molecule has 2 radical (unpaired) electrons. The molecule has 0 spiro atoms. The quantitative estimate of drug-likeness (QED) is 0.419. The smallest absolute Gasteiger partial charge is 0 e. The Labute approximate surface area is 112 Å². The van der Waals surface area contributed by atoms with Crippen LogP contribution in [0.1, 0.15) is 74.3 Å². The van der Waals surface area contributed by atoms with Crippen molar-refractivity contribution in [3.8, 4) is 0 Å². The SMILES string of the molecule is C.C.C.C.C.C.C.C.C.C.[Li].[Li]. The summed E-state index contributed by atoms with van der Waals surface area (Å²) in [6.45, 7) is 0. The minimum absolute atomic E-state index is 0. The van der Waals surface area contributed by atoms with E-state index in [4.69, 9.17) is 0 Å². The summed E-state index contributed by atoms with van der Waals surface area (Å²) in [6, 6.07) is 0. The van der Waals surface area contributed by atoms with Crippen molar-refractivity contribution < 1.29 is 0 Å². The third-order valence-electron chi connectivity index (χ3n) is 0. The molecule has 0 atom stereocenters. The molecule has 2 heteroatoms. The zero-order valence-electron chi connectivity index (χ0n) is 2.00. The van der Waals surface area contributed by atoms with Crippen LogP contribution < -0.4 is 0 Å². The second kappa shape index (κ2) is 1070. The average molecular weight is 174 g/mol. The zero-order chi connectivity index (χ0) is 0. The van der Waals surface area contributed by atoms with Crippen LogP contribution in [0.4, 0.5) is 0 Å². The molecule has 0 unspecified atom stereocenters. The van der Waals surface area contributed by atoms with Gasteiger partial charge < -0.3 is 0 Å². The van der Waals surface area contributed by atoms with Gasteiger partial charge in [0.15, 0.2) is 0 Å². The first-order valence-corrected chi connectivity index (χ1v) is 0. The molecule has 0 saturated carbocycles. The molecule has 12 heavy (non-hydrogen) atoms. The van der Waals surface area contributed by atoms with Gasteiger partial charge in [-0.05, 0) is 0 Å². The fourth-order valence-corrected chi connectivity index (χ4v) is 0. The summed E-state index contributed by atoms with van der Waals surface area (Å²) >= 11 is 0. The van der Waals surface area contributed by atoms with Crippen LogP contribution in [0, 0.1) is 0 Å². The van der Waals surface area contributed by atoms with E-state index in [1.165, 1.54) is 0 Å². The summed E-state index contributed by atoms with van der Waals surface area (Å²) in [5.41, 5.74) is 0. The van der Waals surface area contributed by atoms with Crippen LogP contribution in [0.2, 0.25) is 0 Å². The molecule has 0 N–H and O–H groups in total. The molecule has 0 fully saturated rings. The summed E-state index contributed by atoms with van der Waals surface area (Å²) in [5, 5.41) is 0. The van der Waals surface area contributed by atoms with E-state index < -0.39 is 0 Å². The minimum Gasteiger partial charge on any atom is -0.0776 e. The van der Waals surface area contributed by atoms with Crippen molar-refractivity contribution in [1.29, 1.82) is 0 Å². The monoisotopic (exact) mass is 174 g/mol. The van der Waals surface area contributed by atoms with Gasteiger partial charge in [-0.25, -0.2) is 0 Å². The van der Waals surface area contributed by atoms with Crippen LogP contribution in [-0.2, 0) is 0 Å². The maximum Gasteiger partial charge on any atom is 0 e. The van der Waals surface area contributed by atoms with E-state index in [2.05, 4.69) is 0 Å². The molecule has 0 rings (SSSR count). The number of rotatable bonds is 0. The average Bonchev–Trinajstić information content (AvgIpc) is 0. The van der Waals surface area contributed by atoms with Gasteiger partial charge in [-0.15, -0.1) is 0 Å². The normalized spacial score (nSPS) is 0. The Morgan fingerprint density at radius 3 is 0.167 bits per heavy atom. The van der Waals surface area contributed by atoms with Gasteiger partial charge in [0.05, 0.1) is 0 Å². The van der Waals surface area contributed by atoms with E-state index >= 15 is 0 Å². The summed E-state index contributed by atoms with van der Waals surface area (Å²) in [7, 11) is 0. The summed E-state index contributed by atoms with van der Waals surface area (Å²) in [5.74, 6) is 0. The molecule has 0 saturated heterocycles. The van der Waals surface area contributed by atoms with Gasteiger partial charge in [0.25, 0.3) is 0 Å². The minimum atomic E-state index is 0. The standard InChI is InChI=1S/10CH4.2Li/h10*1H4;;. The van der Waals surface area contributed by atoms with Crippen LogP contribution in [-0.4, -0.2) is 37.7 Å². The Kier molecular flexibility index (Phi) is 123000. The van der Waals surface area contributed by atoms with Crippen LogP contribution in [0.3, 0.4) is 0 Å². The Balaban J connectivity index is 0. The molecular weight excluding hydrogens is 134 g/mol. The van der Waals surface area contributed by atoms with Gasteiger partial charge in [0.2, 0.25) is 0 Å². The maximum absolute atomic E-state index is 0. The summed E-state index contributed by atoms with van der Waals surface area (Å²) in [4.78, 5) is 0. The van der Waals surface area contributed by atoms with Crippen molar-refractivity contribution in [2.75, 3.05) is 0 Å². The Morgan fingerprint density at radius 2 is 0.167 bits per heavy atom. The Hall–Kier alpha value is 1.19. The molecule has 0 aromatic heterocycles. The van der Waals surface area contributed by atoms with Gasteiger partial charge in [0, 0.05) is 37.7 Å². The topological polar surface area (TPSA) is 0 Å². The summed E-state index contributed by atoms with van der Waals surface area (Å²) in [6.07, 6.45) is 0. The second-order valence-corrected chi connectivity index (χ2v) is 0. The third-order valence-corrected chi connectivity index (χ3v) is 0. The summed E-state index contributed by atoms with van der Waals surface area (Å²) < 4.78 is 0. The molecule has 0 bridgehead atoms. The Morgan fingerprint density at radius 1 is 0.167 bits per heavy atom. The molecule has 0 aliphatic carbocycles. The van der Waals surface area contributed by atoms with E-state index in [0.29, 0.717) is 0 Å². The molecule has 0 aromatic carbocycles. The Bertz CT molecular complexity index is 7.80. The van der Waals surface area contributed by atoms with Gasteiger partial charge in [-0.3, -0.25) is 0 Å². The van der Waals surface area contributed by atoms with Gasteiger partial charge in [-0.2, -0.15) is 0 Å². The van der Waals surface area contributed by atoms with Crippen molar-refractivity contribution >= 4 is 37.7 Å². The van der Waals surface area contributed by atoms with Crippen LogP contribution in [0.5, 0.6) is 0 Å². The van der Waals surface area contributed by atoms with Crippen molar-refractivity contribution in [1.82, 2.24) is 0 Å². The number of hydrogen-bond acceptors (Lipinski definition) is 0. The first kappa shape index (κ1) is 1370. The van der Waals surface area contributed by atoms with Crippen molar-refractivity contribution in [3.63, 3.8) is 0 Å². The second-order valence-electron chi connectivity index (χ2n) is 0. The fourth-order valence-electron chi connectivity index (χ4n) is 0. The maximum atomic E-state index is 0. The van der Waals surface area contributed by atoms with E-state index in [1.54, 1.807) is 0 Å². The van der Waals surface area contributed by atoms with Crippen LogP contribution in [0.25, 0.3) is 0 Å². The fraction of sp³-hybridized carbons (Fsp3) is 1.00. The zero-order valence-corrected chi connectivity index (χ0v) is 2.00. The van der Waals surface area contributed by atoms with Crippen molar-refractivity contribution in [2.24, 2.45) is 0 Å². The molecule has 0 aliphatic heterocycles. The molecule has 0 nitrogen and oxygen atoms in total. The van der Waals surface area contributed by atoms with Crippen molar-refractivity contribution in [3.05, 3.63) is 0 Å². The van der Waals surface area contributed by atoms with E-state index in [1.807, 2.05) is 0 Å². The predicted octanol–water partition coefficient (Wildman–Crippen LogP) is 5.60. The van der Waals surface area contributed by atoms with Gasteiger partial charge in [-0.1, -0.05) is 74.3 Å². The molecule has 0 aliphatic rings. The first-order valence-electron chi connectivity index (χ1n) is 0. The predicted molar refractivity (Wildman–Crippen MR) is 78.8 cm³/mol. The van der Waals surface area contributed by atoms with Gasteiger partial charge >= 0.3 is 0 Å². The molecule has 0 aromatic rings. The van der Waals surface area contributed by atoms with Gasteiger partial charge in [0.1, 0.15) is 0 Å². The molecule has 0 amide bonds. The van der Waals surface area contributed by atoms with Crippen LogP contribution >= 0.6 is 0 Å². The first-order chi connectivity index (χ1) is 0. The molecular formula is C10H40Li2. The molecule has 82 valence electrons. The van der Waals surface area contributed by atoms with E-state index in [9.17, 15) is 0 Å². The van der Waals surface area contributed by atoms with E-state index in [-0.39, 0.29) is 112 Å². The number of hydrogen-bond donors (Lipinski definition) is 0. The van der Waals surface area contributed by atoms with Crippen molar-refractivity contribution in [2.45, 2.75) is 74.3 Å². The molecule has 0 heterocycles. The third kappa shape index (κ3) is 815. The van der Waals surface area contributed by atoms with E-state index in [0.717, 1.165) is 0 Å².